The van der Waals surface area contributed by atoms with E-state index in [1.807, 2.05) is 45.0 Å². The molecule has 1 saturated heterocycles. The van der Waals surface area contributed by atoms with Gasteiger partial charge in [-0.3, -0.25) is 14.4 Å². The van der Waals surface area contributed by atoms with Crippen molar-refractivity contribution in [2.45, 2.75) is 64.8 Å². The van der Waals surface area contributed by atoms with Gasteiger partial charge in [-0.2, -0.15) is 0 Å². The van der Waals surface area contributed by atoms with E-state index < -0.39 is 29.1 Å². The number of halogens is 1. The Labute approximate surface area is 190 Å². The first-order chi connectivity index (χ1) is 14.3. The lowest BCUT2D eigenvalue weighted by Crippen LogP contribution is -2.57. The Kier molecular flexibility index (Phi) is 6.30. The fourth-order valence-corrected chi connectivity index (χ4v) is 4.28. The van der Waals surface area contributed by atoms with E-state index in [0.717, 1.165) is 10.0 Å². The number of likely N-dealkylation sites (tertiary alicyclic amines) is 1. The minimum absolute atomic E-state index is 0.111. The highest BCUT2D eigenvalue weighted by atomic mass is 79.9. The predicted molar refractivity (Wildman–Crippen MR) is 120 cm³/mol. The maximum Gasteiger partial charge on any atom is 0.257 e. The van der Waals surface area contributed by atoms with E-state index in [0.29, 0.717) is 5.84 Å². The van der Waals surface area contributed by atoms with Crippen molar-refractivity contribution < 1.29 is 19.5 Å². The summed E-state index contributed by atoms with van der Waals surface area (Å²) in [6, 6.07) is 6.00. The standard InChI is InChI=1S/C22H29BrN4O4/c1-12(28)24-17(21(2,3)4)19(30)27-11-15(29)10-16(27)18-25-20(31)22(5,26-18)13-6-8-14(23)9-7-13/h6-9,15-17,29H,10-11H2,1-5H3,(H,24,28)(H,25,26,31)/t15-,16+,17-,22+/m1/s1. The number of β-amino-alcohol motifs (C(OH)–C–C–N with tert-alkyl or cyclic N) is 1. The normalized spacial score (nSPS) is 27.0. The molecule has 0 aromatic heterocycles. The smallest absolute Gasteiger partial charge is 0.257 e. The van der Waals surface area contributed by atoms with Crippen LogP contribution in [0.15, 0.2) is 33.7 Å². The van der Waals surface area contributed by atoms with Gasteiger partial charge in [-0.1, -0.05) is 48.8 Å². The van der Waals surface area contributed by atoms with Crippen LogP contribution in [0.3, 0.4) is 0 Å². The van der Waals surface area contributed by atoms with Crippen molar-refractivity contribution in [3.05, 3.63) is 34.3 Å². The molecule has 8 nitrogen and oxygen atoms in total. The van der Waals surface area contributed by atoms with Crippen molar-refractivity contribution in [3.63, 3.8) is 0 Å². The van der Waals surface area contributed by atoms with E-state index in [-0.39, 0.29) is 30.7 Å². The molecule has 3 N–H and O–H groups in total. The van der Waals surface area contributed by atoms with Crippen LogP contribution in [-0.4, -0.2) is 58.3 Å². The van der Waals surface area contributed by atoms with Gasteiger partial charge < -0.3 is 20.6 Å². The van der Waals surface area contributed by atoms with Crippen LogP contribution in [-0.2, 0) is 19.9 Å². The zero-order chi connectivity index (χ0) is 23.1. The van der Waals surface area contributed by atoms with Crippen molar-refractivity contribution in [1.82, 2.24) is 15.5 Å². The molecule has 3 rings (SSSR count). The van der Waals surface area contributed by atoms with Gasteiger partial charge in [-0.05, 0) is 30.0 Å². The summed E-state index contributed by atoms with van der Waals surface area (Å²) in [5, 5.41) is 15.9. The lowest BCUT2D eigenvalue weighted by Gasteiger charge is -2.35. The van der Waals surface area contributed by atoms with E-state index in [9.17, 15) is 19.5 Å². The summed E-state index contributed by atoms with van der Waals surface area (Å²) in [4.78, 5) is 44.2. The second-order valence-electron chi connectivity index (χ2n) is 9.43. The molecule has 2 heterocycles. The molecule has 0 bridgehead atoms. The van der Waals surface area contributed by atoms with Crippen molar-refractivity contribution in [2.24, 2.45) is 10.4 Å². The van der Waals surface area contributed by atoms with Crippen molar-refractivity contribution >= 4 is 39.5 Å². The summed E-state index contributed by atoms with van der Waals surface area (Å²) in [5.41, 5.74) is -0.933. The molecule has 1 aromatic carbocycles. The molecule has 9 heteroatoms. The van der Waals surface area contributed by atoms with Crippen LogP contribution in [0.4, 0.5) is 0 Å². The number of rotatable bonds is 4. The van der Waals surface area contributed by atoms with Gasteiger partial charge >= 0.3 is 0 Å². The van der Waals surface area contributed by atoms with E-state index in [2.05, 4.69) is 31.6 Å². The molecule has 0 radical (unpaired) electrons. The SMILES string of the molecule is CC(=O)N[C@H](C(=O)N1C[C@H](O)C[C@H]1C1=N[C@@](C)(c2ccc(Br)cc2)C(=O)N1)C(C)(C)C. The van der Waals surface area contributed by atoms with Gasteiger partial charge in [0.25, 0.3) is 5.91 Å². The largest absolute Gasteiger partial charge is 0.391 e. The molecule has 4 atom stereocenters. The van der Waals surface area contributed by atoms with E-state index in [1.54, 1.807) is 6.92 Å². The molecule has 1 fully saturated rings. The fraction of sp³-hybridized carbons (Fsp3) is 0.545. The monoisotopic (exact) mass is 492 g/mol. The maximum atomic E-state index is 13.4. The van der Waals surface area contributed by atoms with Crippen LogP contribution in [0, 0.1) is 5.41 Å². The topological polar surface area (TPSA) is 111 Å². The number of aliphatic hydroxyl groups is 1. The Morgan fingerprint density at radius 2 is 1.94 bits per heavy atom. The molecular formula is C22H29BrN4O4. The molecule has 31 heavy (non-hydrogen) atoms. The average Bonchev–Trinajstić information content (AvgIpc) is 3.19. The predicted octanol–water partition coefficient (Wildman–Crippen LogP) is 1.71. The van der Waals surface area contributed by atoms with Gasteiger partial charge in [0.15, 0.2) is 5.54 Å². The van der Waals surface area contributed by atoms with Gasteiger partial charge in [-0.25, -0.2) is 4.99 Å². The maximum absolute atomic E-state index is 13.4. The molecule has 0 aliphatic carbocycles. The second kappa shape index (κ2) is 8.35. The Morgan fingerprint density at radius 1 is 1.32 bits per heavy atom. The molecular weight excluding hydrogens is 464 g/mol. The third-order valence-corrected chi connectivity index (χ3v) is 6.30. The molecule has 168 valence electrons. The number of aliphatic hydroxyl groups excluding tert-OH is 1. The summed E-state index contributed by atoms with van der Waals surface area (Å²) in [7, 11) is 0. The highest BCUT2D eigenvalue weighted by Gasteiger charge is 2.48. The molecule has 3 amide bonds. The molecule has 2 aliphatic rings. The lowest BCUT2D eigenvalue weighted by atomic mass is 9.85. The first-order valence-corrected chi connectivity index (χ1v) is 11.0. The summed E-state index contributed by atoms with van der Waals surface area (Å²) >= 11 is 3.39. The van der Waals surface area contributed by atoms with Crippen LogP contribution in [0.1, 0.15) is 46.6 Å². The minimum Gasteiger partial charge on any atom is -0.391 e. The Morgan fingerprint density at radius 3 is 2.48 bits per heavy atom. The Balaban J connectivity index is 1.93. The third kappa shape index (κ3) is 4.67. The number of carbonyl (C=O) groups excluding carboxylic acids is 3. The van der Waals surface area contributed by atoms with Crippen molar-refractivity contribution in [3.8, 4) is 0 Å². The summed E-state index contributed by atoms with van der Waals surface area (Å²) < 4.78 is 0.893. The van der Waals surface area contributed by atoms with Crippen molar-refractivity contribution in [2.75, 3.05) is 6.54 Å². The zero-order valence-electron chi connectivity index (χ0n) is 18.4. The highest BCUT2D eigenvalue weighted by Crippen LogP contribution is 2.33. The number of amidine groups is 1. The molecule has 0 saturated carbocycles. The molecule has 0 spiro atoms. The first-order valence-electron chi connectivity index (χ1n) is 10.3. The van der Waals surface area contributed by atoms with Crippen LogP contribution in [0.5, 0.6) is 0 Å². The lowest BCUT2D eigenvalue weighted by molar-refractivity contribution is -0.139. The van der Waals surface area contributed by atoms with Gasteiger partial charge in [-0.15, -0.1) is 0 Å². The fourth-order valence-electron chi connectivity index (χ4n) is 4.02. The number of carbonyl (C=O) groups is 3. The van der Waals surface area contributed by atoms with E-state index in [1.165, 1.54) is 11.8 Å². The van der Waals surface area contributed by atoms with E-state index in [4.69, 9.17) is 0 Å². The van der Waals surface area contributed by atoms with Crippen molar-refractivity contribution in [1.29, 1.82) is 0 Å². The van der Waals surface area contributed by atoms with Gasteiger partial charge in [0.2, 0.25) is 11.8 Å². The number of hydrogen-bond donors (Lipinski definition) is 3. The Hall–Kier alpha value is -2.26. The zero-order valence-corrected chi connectivity index (χ0v) is 20.0. The number of benzene rings is 1. The van der Waals surface area contributed by atoms with Crippen LogP contribution < -0.4 is 10.6 Å². The molecule has 1 aromatic rings. The highest BCUT2D eigenvalue weighted by molar-refractivity contribution is 9.10. The van der Waals surface area contributed by atoms with Gasteiger partial charge in [0.1, 0.15) is 11.9 Å². The van der Waals surface area contributed by atoms with E-state index >= 15 is 0 Å². The van der Waals surface area contributed by atoms with Crippen LogP contribution in [0.25, 0.3) is 0 Å². The number of aliphatic imine (C=N–C) groups is 1. The number of nitrogens with one attached hydrogen (secondary N) is 2. The summed E-state index contributed by atoms with van der Waals surface area (Å²) in [6.07, 6.45) is -0.482. The average molecular weight is 493 g/mol. The number of hydrogen-bond acceptors (Lipinski definition) is 5. The minimum atomic E-state index is -1.13. The number of nitrogens with zero attached hydrogens (tertiary/aromatic N) is 2. The summed E-state index contributed by atoms with van der Waals surface area (Å²) in [5.74, 6) is -0.541. The first kappa shape index (κ1) is 23.4. The third-order valence-electron chi connectivity index (χ3n) is 5.77. The Bertz CT molecular complexity index is 924. The van der Waals surface area contributed by atoms with Gasteiger partial charge in [0.05, 0.1) is 12.1 Å². The van der Waals surface area contributed by atoms with Crippen LogP contribution in [0.2, 0.25) is 0 Å². The molecule has 0 unspecified atom stereocenters. The molecule has 2 aliphatic heterocycles. The van der Waals surface area contributed by atoms with Crippen LogP contribution >= 0.6 is 15.9 Å². The quantitative estimate of drug-likeness (QED) is 0.593. The number of amides is 3. The van der Waals surface area contributed by atoms with Gasteiger partial charge in [0, 0.05) is 24.4 Å². The summed E-state index contributed by atoms with van der Waals surface area (Å²) in [6.45, 7) is 8.81. The second-order valence-corrected chi connectivity index (χ2v) is 10.3.